The van der Waals surface area contributed by atoms with Crippen LogP contribution in [0.15, 0.2) is 71.7 Å². The van der Waals surface area contributed by atoms with Crippen LogP contribution in [0.3, 0.4) is 0 Å². The summed E-state index contributed by atoms with van der Waals surface area (Å²) in [5, 5.41) is 4.11. The highest BCUT2D eigenvalue weighted by atomic mass is 16.2. The molecule has 3 atom stereocenters. The Morgan fingerprint density at radius 3 is 2.38 bits per heavy atom. The number of rotatable bonds is 4. The van der Waals surface area contributed by atoms with E-state index < -0.39 is 0 Å². The number of amides is 1. The van der Waals surface area contributed by atoms with Crippen molar-refractivity contribution in [1.29, 1.82) is 0 Å². The quantitative estimate of drug-likeness (QED) is 0.687. The van der Waals surface area contributed by atoms with E-state index in [1.54, 1.807) is 12.3 Å². The molecule has 4 fully saturated rings. The summed E-state index contributed by atoms with van der Waals surface area (Å²) in [6.07, 6.45) is 1.73. The van der Waals surface area contributed by atoms with E-state index in [0.717, 1.165) is 44.8 Å². The third-order valence-corrected chi connectivity index (χ3v) is 7.66. The van der Waals surface area contributed by atoms with Crippen LogP contribution in [0, 0.1) is 5.92 Å². The van der Waals surface area contributed by atoms with E-state index in [4.69, 9.17) is 0 Å². The van der Waals surface area contributed by atoms with Crippen LogP contribution in [0.2, 0.25) is 0 Å². The van der Waals surface area contributed by atoms with Crippen molar-refractivity contribution >= 4 is 16.8 Å². The lowest BCUT2D eigenvalue weighted by Crippen LogP contribution is -2.70. The van der Waals surface area contributed by atoms with Gasteiger partial charge in [-0.25, -0.2) is 0 Å². The van der Waals surface area contributed by atoms with Crippen molar-refractivity contribution in [2.45, 2.75) is 18.0 Å². The zero-order valence-electron chi connectivity index (χ0n) is 18.1. The van der Waals surface area contributed by atoms with E-state index in [9.17, 15) is 9.59 Å². The van der Waals surface area contributed by atoms with Crippen molar-refractivity contribution in [1.82, 2.24) is 19.7 Å². The van der Waals surface area contributed by atoms with Crippen molar-refractivity contribution < 1.29 is 4.79 Å². The molecule has 0 saturated carbocycles. The third kappa shape index (κ3) is 3.17. The smallest absolute Gasteiger partial charge is 0.240 e. The molecule has 4 aliphatic rings. The zero-order valence-corrected chi connectivity index (χ0v) is 18.1. The van der Waals surface area contributed by atoms with Crippen LogP contribution >= 0.6 is 0 Å². The summed E-state index contributed by atoms with van der Waals surface area (Å²) in [4.78, 5) is 30.7. The zero-order chi connectivity index (χ0) is 21.7. The predicted octanol–water partition coefficient (Wildman–Crippen LogP) is 1.69. The van der Waals surface area contributed by atoms with Gasteiger partial charge in [0, 0.05) is 74.3 Å². The van der Waals surface area contributed by atoms with Gasteiger partial charge in [-0.1, -0.05) is 42.5 Å². The summed E-state index contributed by atoms with van der Waals surface area (Å²) in [5.41, 5.74) is 2.01. The highest BCUT2D eigenvalue weighted by molar-refractivity contribution is 5.82. The number of hydrogen-bond acceptors (Lipinski definition) is 4. The predicted molar refractivity (Wildman–Crippen MR) is 125 cm³/mol. The third-order valence-electron chi connectivity index (χ3n) is 7.66. The van der Waals surface area contributed by atoms with Crippen molar-refractivity contribution in [2.24, 2.45) is 5.92 Å². The van der Waals surface area contributed by atoms with E-state index in [-0.39, 0.29) is 29.3 Å². The number of nitrogens with one attached hydrogen (secondary N) is 1. The SMILES string of the molecule is O=C(Cn1ccc(=O)c2ccccc21)N[C@@H]1C2CN3CCN(C2)CC1(c1ccccc1)C3. The van der Waals surface area contributed by atoms with Gasteiger partial charge in [0.25, 0.3) is 0 Å². The fourth-order valence-electron chi connectivity index (χ4n) is 6.34. The summed E-state index contributed by atoms with van der Waals surface area (Å²) < 4.78 is 1.89. The Balaban J connectivity index is 1.32. The summed E-state index contributed by atoms with van der Waals surface area (Å²) >= 11 is 0. The van der Waals surface area contributed by atoms with Crippen LogP contribution in [-0.2, 0) is 16.8 Å². The number of piperidine rings is 2. The number of fused-ring (bicyclic) bond motifs is 2. The minimum Gasteiger partial charge on any atom is -0.350 e. The maximum absolute atomic E-state index is 13.4. The van der Waals surface area contributed by atoms with Gasteiger partial charge in [0.1, 0.15) is 6.54 Å². The molecular formula is C26H28N4O2. The lowest BCUT2D eigenvalue weighted by atomic mass is 9.64. The molecule has 5 heterocycles. The van der Waals surface area contributed by atoms with Gasteiger partial charge in [-0.05, 0) is 17.7 Å². The Labute approximate surface area is 187 Å². The van der Waals surface area contributed by atoms with Crippen LogP contribution in [-0.4, -0.2) is 65.6 Å². The average Bonchev–Trinajstić information content (AvgIpc) is 3.07. The van der Waals surface area contributed by atoms with Crippen LogP contribution in [0.5, 0.6) is 0 Å². The molecule has 6 nitrogen and oxygen atoms in total. The largest absolute Gasteiger partial charge is 0.350 e. The van der Waals surface area contributed by atoms with E-state index in [0.29, 0.717) is 11.3 Å². The fraction of sp³-hybridized carbons (Fsp3) is 0.385. The maximum Gasteiger partial charge on any atom is 0.240 e. The molecule has 1 aromatic heterocycles. The molecular weight excluding hydrogens is 400 g/mol. The second-order valence-electron chi connectivity index (χ2n) is 9.62. The number of benzene rings is 2. The number of nitrogens with zero attached hydrogens (tertiary/aromatic N) is 3. The van der Waals surface area contributed by atoms with Crippen LogP contribution in [0.25, 0.3) is 10.9 Å². The number of para-hydroxylation sites is 1. The number of hydrogen-bond donors (Lipinski definition) is 1. The number of aromatic nitrogens is 1. The molecule has 1 amide bonds. The monoisotopic (exact) mass is 428 g/mol. The molecule has 0 spiro atoms. The van der Waals surface area contributed by atoms with Gasteiger partial charge in [-0.2, -0.15) is 0 Å². The second-order valence-corrected chi connectivity index (χ2v) is 9.62. The molecule has 2 unspecified atom stereocenters. The Morgan fingerprint density at radius 2 is 1.62 bits per heavy atom. The van der Waals surface area contributed by atoms with Crippen molar-refractivity contribution in [3.63, 3.8) is 0 Å². The first kappa shape index (κ1) is 19.7. The molecule has 3 aromatic rings. The normalized spacial score (nSPS) is 30.9. The Hall–Kier alpha value is -2.96. The summed E-state index contributed by atoms with van der Waals surface area (Å²) in [6, 6.07) is 19.9. The highest BCUT2D eigenvalue weighted by Gasteiger charge is 2.55. The average molecular weight is 429 g/mol. The lowest BCUT2D eigenvalue weighted by molar-refractivity contribution is -0.125. The van der Waals surface area contributed by atoms with Crippen LogP contribution < -0.4 is 10.7 Å². The van der Waals surface area contributed by atoms with Crippen molar-refractivity contribution in [3.05, 3.63) is 82.6 Å². The second kappa shape index (κ2) is 7.57. The fourth-order valence-corrected chi connectivity index (χ4v) is 6.34. The van der Waals surface area contributed by atoms with Gasteiger partial charge in [0.05, 0.1) is 5.52 Å². The van der Waals surface area contributed by atoms with Gasteiger partial charge in [-0.3, -0.25) is 9.59 Å². The van der Waals surface area contributed by atoms with Gasteiger partial charge in [0.2, 0.25) is 5.91 Å². The number of carbonyl (C=O) groups is 1. The van der Waals surface area contributed by atoms with E-state index in [1.165, 1.54) is 5.56 Å². The molecule has 6 heteroatoms. The molecule has 32 heavy (non-hydrogen) atoms. The molecule has 2 aromatic carbocycles. The first-order valence-electron chi connectivity index (χ1n) is 11.5. The van der Waals surface area contributed by atoms with Gasteiger partial charge in [-0.15, -0.1) is 0 Å². The molecule has 4 saturated heterocycles. The minimum atomic E-state index is -0.0970. The van der Waals surface area contributed by atoms with Gasteiger partial charge >= 0.3 is 0 Å². The van der Waals surface area contributed by atoms with Crippen LogP contribution in [0.1, 0.15) is 5.56 Å². The summed E-state index contributed by atoms with van der Waals surface area (Å²) in [7, 11) is 0. The topological polar surface area (TPSA) is 57.6 Å². The molecule has 4 aliphatic heterocycles. The Morgan fingerprint density at radius 1 is 0.938 bits per heavy atom. The molecule has 0 aliphatic carbocycles. The molecule has 0 radical (unpaired) electrons. The molecule has 164 valence electrons. The highest BCUT2D eigenvalue weighted by Crippen LogP contribution is 2.43. The first-order chi connectivity index (χ1) is 15.6. The first-order valence-corrected chi connectivity index (χ1v) is 11.5. The van der Waals surface area contributed by atoms with E-state index >= 15 is 0 Å². The standard InChI is InChI=1S/C26H28N4O2/c31-23-10-11-30(22-9-5-4-8-21(22)23)16-24(32)27-25-19-14-28-12-13-29(15-19)18-26(25,17-28)20-6-2-1-3-7-20/h1-11,19,25H,12-18H2,(H,27,32)/t19?,25-,26?/m1/s1. The van der Waals surface area contributed by atoms with Crippen LogP contribution in [0.4, 0.5) is 0 Å². The Kier molecular flexibility index (Phi) is 4.66. The summed E-state index contributed by atoms with van der Waals surface area (Å²) in [6.45, 7) is 6.46. The number of pyridine rings is 1. The van der Waals surface area contributed by atoms with E-state index in [1.807, 2.05) is 28.8 Å². The van der Waals surface area contributed by atoms with Gasteiger partial charge in [0.15, 0.2) is 5.43 Å². The molecule has 4 bridgehead atoms. The maximum atomic E-state index is 13.4. The minimum absolute atomic E-state index is 0.00950. The lowest BCUT2D eigenvalue weighted by Gasteiger charge is -2.55. The van der Waals surface area contributed by atoms with Gasteiger partial charge < -0.3 is 19.7 Å². The van der Waals surface area contributed by atoms with E-state index in [2.05, 4.69) is 45.4 Å². The van der Waals surface area contributed by atoms with Crippen molar-refractivity contribution in [3.8, 4) is 0 Å². The van der Waals surface area contributed by atoms with Crippen molar-refractivity contribution in [2.75, 3.05) is 39.3 Å². The molecule has 7 rings (SSSR count). The molecule has 1 N–H and O–H groups in total. The Bertz CT molecular complexity index is 1210. The summed E-state index contributed by atoms with van der Waals surface area (Å²) in [5.74, 6) is 0.421. The number of carbonyl (C=O) groups excluding carboxylic acids is 1.